The molecule has 0 aliphatic carbocycles. The van der Waals surface area contributed by atoms with Gasteiger partial charge >= 0.3 is 0 Å². The van der Waals surface area contributed by atoms with Crippen molar-refractivity contribution in [2.75, 3.05) is 5.73 Å². The van der Waals surface area contributed by atoms with E-state index in [1.54, 1.807) is 0 Å². The van der Waals surface area contributed by atoms with Crippen LogP contribution in [0.2, 0.25) is 0 Å². The van der Waals surface area contributed by atoms with Crippen LogP contribution in [0, 0.1) is 0 Å². The Bertz CT molecular complexity index is 490. The summed E-state index contributed by atoms with van der Waals surface area (Å²) in [6.07, 6.45) is 3.07. The second-order valence-electron chi connectivity index (χ2n) is 4.40. The second-order valence-corrected chi connectivity index (χ2v) is 4.40. The third-order valence-electron chi connectivity index (χ3n) is 2.97. The van der Waals surface area contributed by atoms with Crippen molar-refractivity contribution in [1.82, 2.24) is 9.78 Å². The van der Waals surface area contributed by atoms with Crippen LogP contribution in [0.15, 0.2) is 36.5 Å². The third-order valence-corrected chi connectivity index (χ3v) is 2.97. The quantitative estimate of drug-likeness (QED) is 0.824. The highest BCUT2D eigenvalue weighted by atomic mass is 16.5. The zero-order valence-corrected chi connectivity index (χ0v) is 10.8. The lowest BCUT2D eigenvalue weighted by Crippen LogP contribution is -2.05. The van der Waals surface area contributed by atoms with Crippen LogP contribution in [0.4, 0.5) is 5.69 Å². The number of hydrogen-bond donors (Lipinski definition) is 1. The molecule has 0 aliphatic rings. The molecule has 2 aromatic rings. The Balaban J connectivity index is 1.94. The monoisotopic (exact) mass is 245 g/mol. The van der Waals surface area contributed by atoms with E-state index in [0.717, 1.165) is 23.6 Å². The molecule has 2 rings (SSSR count). The van der Waals surface area contributed by atoms with Gasteiger partial charge in [-0.25, -0.2) is 0 Å². The predicted octanol–water partition coefficient (Wildman–Crippen LogP) is 3.02. The molecule has 18 heavy (non-hydrogen) atoms. The van der Waals surface area contributed by atoms with E-state index in [4.69, 9.17) is 10.5 Å². The zero-order chi connectivity index (χ0) is 13.0. The molecule has 0 aliphatic heterocycles. The molecule has 1 aromatic carbocycles. The highest BCUT2D eigenvalue weighted by Gasteiger charge is 2.05. The van der Waals surface area contributed by atoms with Gasteiger partial charge < -0.3 is 10.5 Å². The van der Waals surface area contributed by atoms with Gasteiger partial charge in [-0.1, -0.05) is 6.92 Å². The fourth-order valence-electron chi connectivity index (χ4n) is 1.61. The highest BCUT2D eigenvalue weighted by Crippen LogP contribution is 2.15. The fraction of sp³-hybridized carbons (Fsp3) is 0.357. The third kappa shape index (κ3) is 3.03. The summed E-state index contributed by atoms with van der Waals surface area (Å²) in [5.41, 5.74) is 7.29. The maximum atomic E-state index is 5.64. The van der Waals surface area contributed by atoms with Gasteiger partial charge in [-0.2, -0.15) is 5.10 Å². The van der Waals surface area contributed by atoms with Crippen molar-refractivity contribution in [3.05, 3.63) is 42.2 Å². The smallest absolute Gasteiger partial charge is 0.132 e. The number of aromatic nitrogens is 2. The molecule has 1 heterocycles. The van der Waals surface area contributed by atoms with Crippen LogP contribution in [0.5, 0.6) is 5.75 Å². The lowest BCUT2D eigenvalue weighted by molar-refractivity contribution is 0.298. The first-order valence-electron chi connectivity index (χ1n) is 6.21. The van der Waals surface area contributed by atoms with Crippen molar-refractivity contribution >= 4 is 5.69 Å². The van der Waals surface area contributed by atoms with Gasteiger partial charge in [0.2, 0.25) is 0 Å². The predicted molar refractivity (Wildman–Crippen MR) is 72.4 cm³/mol. The van der Waals surface area contributed by atoms with Gasteiger partial charge in [0, 0.05) is 17.9 Å². The molecule has 2 N–H and O–H groups in total. The van der Waals surface area contributed by atoms with Crippen LogP contribution in [0.1, 0.15) is 32.0 Å². The number of nitrogens with zero attached hydrogens (tertiary/aromatic N) is 2. The molecule has 1 aromatic heterocycles. The van der Waals surface area contributed by atoms with Crippen molar-refractivity contribution in [2.24, 2.45) is 0 Å². The molecule has 0 bridgehead atoms. The Labute approximate surface area is 107 Å². The molecule has 1 atom stereocenters. The summed E-state index contributed by atoms with van der Waals surface area (Å²) >= 11 is 0. The second kappa shape index (κ2) is 5.58. The number of nitrogens with two attached hydrogens (primary N) is 1. The summed E-state index contributed by atoms with van der Waals surface area (Å²) in [4.78, 5) is 0. The van der Waals surface area contributed by atoms with Crippen molar-refractivity contribution in [1.29, 1.82) is 0 Å². The van der Waals surface area contributed by atoms with Gasteiger partial charge in [0.25, 0.3) is 0 Å². The Hall–Kier alpha value is -1.97. The van der Waals surface area contributed by atoms with E-state index in [1.165, 1.54) is 0 Å². The van der Waals surface area contributed by atoms with Crippen LogP contribution in [-0.4, -0.2) is 9.78 Å². The minimum absolute atomic E-state index is 0.426. The SMILES string of the molecule is CCC(C)n1ccc(COc2ccc(N)cc2)n1. The van der Waals surface area contributed by atoms with Gasteiger partial charge in [-0.15, -0.1) is 0 Å². The summed E-state index contributed by atoms with van der Waals surface area (Å²) in [7, 11) is 0. The van der Waals surface area contributed by atoms with E-state index in [2.05, 4.69) is 18.9 Å². The Kier molecular flexibility index (Phi) is 3.87. The van der Waals surface area contributed by atoms with Gasteiger partial charge in [-0.05, 0) is 43.7 Å². The van der Waals surface area contributed by atoms with Crippen LogP contribution >= 0.6 is 0 Å². The molecule has 1 unspecified atom stereocenters. The van der Waals surface area contributed by atoms with Crippen LogP contribution in [-0.2, 0) is 6.61 Å². The van der Waals surface area contributed by atoms with E-state index >= 15 is 0 Å². The van der Waals surface area contributed by atoms with Crippen LogP contribution in [0.3, 0.4) is 0 Å². The molecule has 0 fully saturated rings. The Morgan fingerprint density at radius 2 is 2.00 bits per heavy atom. The molecule has 0 amide bonds. The summed E-state index contributed by atoms with van der Waals surface area (Å²) in [5.74, 6) is 0.808. The number of anilines is 1. The first-order chi connectivity index (χ1) is 8.69. The number of ether oxygens (including phenoxy) is 1. The molecule has 0 saturated carbocycles. The minimum atomic E-state index is 0.426. The van der Waals surface area contributed by atoms with Crippen LogP contribution < -0.4 is 10.5 Å². The van der Waals surface area contributed by atoms with E-state index in [-0.39, 0.29) is 0 Å². The molecule has 0 saturated heterocycles. The van der Waals surface area contributed by atoms with Gasteiger partial charge in [0.15, 0.2) is 0 Å². The standard InChI is InChI=1S/C14H19N3O/c1-3-11(2)17-9-8-13(16-17)10-18-14-6-4-12(15)5-7-14/h4-9,11H,3,10,15H2,1-2H3. The average Bonchev–Trinajstić information content (AvgIpc) is 2.86. The normalized spacial score (nSPS) is 12.3. The van der Waals surface area contributed by atoms with Gasteiger partial charge in [0.05, 0.1) is 5.69 Å². The topological polar surface area (TPSA) is 53.1 Å². The average molecular weight is 245 g/mol. The van der Waals surface area contributed by atoms with Crippen molar-refractivity contribution in [2.45, 2.75) is 32.9 Å². The molecule has 0 radical (unpaired) electrons. The lowest BCUT2D eigenvalue weighted by Gasteiger charge is -2.08. The van der Waals surface area contributed by atoms with Gasteiger partial charge in [-0.3, -0.25) is 4.68 Å². The Morgan fingerprint density at radius 1 is 1.28 bits per heavy atom. The van der Waals surface area contributed by atoms with Crippen molar-refractivity contribution in [3.63, 3.8) is 0 Å². The van der Waals surface area contributed by atoms with Crippen molar-refractivity contribution in [3.8, 4) is 5.75 Å². The van der Waals surface area contributed by atoms with E-state index in [9.17, 15) is 0 Å². The maximum absolute atomic E-state index is 5.64. The highest BCUT2D eigenvalue weighted by molar-refractivity contribution is 5.41. The summed E-state index contributed by atoms with van der Waals surface area (Å²) in [6, 6.07) is 9.79. The largest absolute Gasteiger partial charge is 0.487 e. The molecule has 4 heteroatoms. The molecular weight excluding hydrogens is 226 g/mol. The molecule has 0 spiro atoms. The number of benzene rings is 1. The number of hydrogen-bond acceptors (Lipinski definition) is 3. The molecule has 4 nitrogen and oxygen atoms in total. The first kappa shape index (κ1) is 12.5. The summed E-state index contributed by atoms with van der Waals surface area (Å²) in [5, 5.41) is 4.48. The maximum Gasteiger partial charge on any atom is 0.132 e. The van der Waals surface area contributed by atoms with E-state index < -0.39 is 0 Å². The van der Waals surface area contributed by atoms with Gasteiger partial charge in [0.1, 0.15) is 12.4 Å². The summed E-state index contributed by atoms with van der Waals surface area (Å²) in [6.45, 7) is 4.78. The van der Waals surface area contributed by atoms with E-state index in [0.29, 0.717) is 12.6 Å². The molecule has 96 valence electrons. The first-order valence-corrected chi connectivity index (χ1v) is 6.21. The zero-order valence-electron chi connectivity index (χ0n) is 10.8. The van der Waals surface area contributed by atoms with Crippen LogP contribution in [0.25, 0.3) is 0 Å². The minimum Gasteiger partial charge on any atom is -0.487 e. The van der Waals surface area contributed by atoms with Crippen molar-refractivity contribution < 1.29 is 4.74 Å². The fourth-order valence-corrected chi connectivity index (χ4v) is 1.61. The van der Waals surface area contributed by atoms with E-state index in [1.807, 2.05) is 41.2 Å². The number of nitrogen functional groups attached to an aromatic ring is 1. The lowest BCUT2D eigenvalue weighted by atomic mass is 10.3. The molecular formula is C14H19N3O. The number of rotatable bonds is 5. The summed E-state index contributed by atoms with van der Waals surface area (Å²) < 4.78 is 7.62. The Morgan fingerprint density at radius 3 is 2.67 bits per heavy atom.